The van der Waals surface area contributed by atoms with Crippen LogP contribution in [0.5, 0.6) is 5.75 Å². The molecule has 0 radical (unpaired) electrons. The quantitative estimate of drug-likeness (QED) is 0.822. The van der Waals surface area contributed by atoms with E-state index in [-0.39, 0.29) is 6.04 Å². The molecule has 2 rings (SSSR count). The van der Waals surface area contributed by atoms with Gasteiger partial charge < -0.3 is 19.9 Å². The number of nitrogens with one attached hydrogen (secondary N) is 1. The number of ether oxygens (including phenoxy) is 2. The number of methoxy groups -OCH3 is 2. The molecule has 4 heteroatoms. The highest BCUT2D eigenvalue weighted by Crippen LogP contribution is 2.24. The average Bonchev–Trinajstić information content (AvgIpc) is 2.51. The second-order valence-electron chi connectivity index (χ2n) is 5.21. The van der Waals surface area contributed by atoms with Crippen LogP contribution in [0.1, 0.15) is 18.5 Å². The SMILES string of the molecule is COCC(O)CNC(C)c1ccc2cc(OC)ccc2c1. The molecule has 0 aliphatic heterocycles. The molecule has 114 valence electrons. The van der Waals surface area contributed by atoms with Crippen molar-refractivity contribution in [3.8, 4) is 5.75 Å². The molecule has 0 spiro atoms. The molecule has 0 aromatic heterocycles. The minimum Gasteiger partial charge on any atom is -0.497 e. The fourth-order valence-electron chi connectivity index (χ4n) is 2.32. The topological polar surface area (TPSA) is 50.7 Å². The zero-order valence-corrected chi connectivity index (χ0v) is 12.8. The van der Waals surface area contributed by atoms with Gasteiger partial charge in [0.2, 0.25) is 0 Å². The molecule has 0 fully saturated rings. The third kappa shape index (κ3) is 4.17. The van der Waals surface area contributed by atoms with E-state index in [9.17, 15) is 5.11 Å². The van der Waals surface area contributed by atoms with Gasteiger partial charge in [0.05, 0.1) is 19.8 Å². The van der Waals surface area contributed by atoms with Gasteiger partial charge in [0, 0.05) is 19.7 Å². The summed E-state index contributed by atoms with van der Waals surface area (Å²) in [4.78, 5) is 0. The van der Waals surface area contributed by atoms with Crippen LogP contribution >= 0.6 is 0 Å². The summed E-state index contributed by atoms with van der Waals surface area (Å²) < 4.78 is 10.2. The molecule has 0 bridgehead atoms. The van der Waals surface area contributed by atoms with Crippen LogP contribution in [0.25, 0.3) is 10.8 Å². The van der Waals surface area contributed by atoms with Crippen LogP contribution in [0.3, 0.4) is 0 Å². The van der Waals surface area contributed by atoms with Gasteiger partial charge in [-0.15, -0.1) is 0 Å². The Balaban J connectivity index is 2.07. The van der Waals surface area contributed by atoms with Gasteiger partial charge in [-0.2, -0.15) is 0 Å². The first-order valence-corrected chi connectivity index (χ1v) is 7.12. The predicted molar refractivity (Wildman–Crippen MR) is 84.8 cm³/mol. The normalized spacial score (nSPS) is 14.1. The van der Waals surface area contributed by atoms with Crippen molar-refractivity contribution in [3.63, 3.8) is 0 Å². The minimum absolute atomic E-state index is 0.169. The summed E-state index contributed by atoms with van der Waals surface area (Å²) in [6.07, 6.45) is -0.484. The van der Waals surface area contributed by atoms with Gasteiger partial charge in [-0.3, -0.25) is 0 Å². The molecular formula is C17H23NO3. The predicted octanol–water partition coefficient (Wildman–Crippen LogP) is 2.51. The third-order valence-corrected chi connectivity index (χ3v) is 3.59. The zero-order chi connectivity index (χ0) is 15.2. The van der Waals surface area contributed by atoms with Crippen LogP contribution < -0.4 is 10.1 Å². The number of aliphatic hydroxyl groups is 1. The molecule has 2 unspecified atom stereocenters. The van der Waals surface area contributed by atoms with Crippen molar-refractivity contribution in [1.29, 1.82) is 0 Å². The third-order valence-electron chi connectivity index (χ3n) is 3.59. The van der Waals surface area contributed by atoms with E-state index in [1.165, 1.54) is 10.9 Å². The summed E-state index contributed by atoms with van der Waals surface area (Å²) in [6.45, 7) is 2.94. The lowest BCUT2D eigenvalue weighted by atomic mass is 10.0. The maximum absolute atomic E-state index is 9.67. The van der Waals surface area contributed by atoms with Gasteiger partial charge in [-0.25, -0.2) is 0 Å². The molecule has 2 N–H and O–H groups in total. The first-order chi connectivity index (χ1) is 10.1. The van der Waals surface area contributed by atoms with E-state index in [2.05, 4.69) is 36.5 Å². The number of fused-ring (bicyclic) bond motifs is 1. The summed E-state index contributed by atoms with van der Waals surface area (Å²) in [5.41, 5.74) is 1.19. The van der Waals surface area contributed by atoms with E-state index < -0.39 is 6.10 Å². The number of benzene rings is 2. The second kappa shape index (κ2) is 7.41. The first kappa shape index (κ1) is 15.8. The maximum atomic E-state index is 9.67. The Hall–Kier alpha value is -1.62. The number of hydrogen-bond acceptors (Lipinski definition) is 4. The molecule has 0 heterocycles. The largest absolute Gasteiger partial charge is 0.497 e. The monoisotopic (exact) mass is 289 g/mol. The highest BCUT2D eigenvalue weighted by atomic mass is 16.5. The van der Waals surface area contributed by atoms with Gasteiger partial charge >= 0.3 is 0 Å². The molecule has 0 saturated carbocycles. The molecule has 0 amide bonds. The summed E-state index contributed by atoms with van der Waals surface area (Å²) in [5.74, 6) is 0.865. The molecule has 2 aromatic rings. The van der Waals surface area contributed by atoms with Crippen LogP contribution in [0, 0.1) is 0 Å². The Kier molecular flexibility index (Phi) is 5.56. The smallest absolute Gasteiger partial charge is 0.119 e. The molecule has 4 nitrogen and oxygen atoms in total. The van der Waals surface area contributed by atoms with Crippen molar-refractivity contribution < 1.29 is 14.6 Å². The van der Waals surface area contributed by atoms with Crippen molar-refractivity contribution in [2.24, 2.45) is 0 Å². The van der Waals surface area contributed by atoms with Crippen molar-refractivity contribution in [2.75, 3.05) is 27.4 Å². The highest BCUT2D eigenvalue weighted by Gasteiger charge is 2.09. The van der Waals surface area contributed by atoms with E-state index in [1.54, 1.807) is 14.2 Å². The second-order valence-corrected chi connectivity index (χ2v) is 5.21. The summed E-state index contributed by atoms with van der Waals surface area (Å²) in [6, 6.07) is 12.6. The Labute approximate surface area is 125 Å². The van der Waals surface area contributed by atoms with Gasteiger partial charge in [-0.1, -0.05) is 18.2 Å². The van der Waals surface area contributed by atoms with E-state index in [0.29, 0.717) is 13.2 Å². The van der Waals surface area contributed by atoms with Gasteiger partial charge in [-0.05, 0) is 41.5 Å². The standard InChI is InChI=1S/C17H23NO3/c1-12(18-10-16(19)11-20-2)13-4-5-15-9-17(21-3)7-6-14(15)8-13/h4-9,12,16,18-19H,10-11H2,1-3H3. The Bertz CT molecular complexity index is 585. The Morgan fingerprint density at radius 1 is 1.10 bits per heavy atom. The van der Waals surface area contributed by atoms with Crippen LogP contribution in [0.15, 0.2) is 36.4 Å². The van der Waals surface area contributed by atoms with Crippen LogP contribution in [0.2, 0.25) is 0 Å². The molecular weight excluding hydrogens is 266 g/mol. The molecule has 2 aromatic carbocycles. The summed E-state index contributed by atoms with van der Waals surface area (Å²) in [7, 11) is 3.26. The fraction of sp³-hybridized carbons (Fsp3) is 0.412. The molecule has 0 saturated heterocycles. The summed E-state index contributed by atoms with van der Waals surface area (Å²) >= 11 is 0. The lowest BCUT2D eigenvalue weighted by molar-refractivity contribution is 0.0630. The number of rotatable bonds is 7. The maximum Gasteiger partial charge on any atom is 0.119 e. The molecule has 21 heavy (non-hydrogen) atoms. The van der Waals surface area contributed by atoms with E-state index in [4.69, 9.17) is 9.47 Å². The fourth-order valence-corrected chi connectivity index (χ4v) is 2.32. The Morgan fingerprint density at radius 2 is 1.81 bits per heavy atom. The van der Waals surface area contributed by atoms with Crippen molar-refractivity contribution in [3.05, 3.63) is 42.0 Å². The van der Waals surface area contributed by atoms with E-state index in [0.717, 1.165) is 11.1 Å². The highest BCUT2D eigenvalue weighted by molar-refractivity contribution is 5.84. The summed E-state index contributed by atoms with van der Waals surface area (Å²) in [5, 5.41) is 15.3. The van der Waals surface area contributed by atoms with Crippen molar-refractivity contribution in [2.45, 2.75) is 19.1 Å². The van der Waals surface area contributed by atoms with Crippen LogP contribution in [-0.2, 0) is 4.74 Å². The zero-order valence-electron chi connectivity index (χ0n) is 12.8. The lowest BCUT2D eigenvalue weighted by Gasteiger charge is -2.17. The van der Waals surface area contributed by atoms with Crippen molar-refractivity contribution >= 4 is 10.8 Å². The van der Waals surface area contributed by atoms with Gasteiger partial charge in [0.1, 0.15) is 5.75 Å². The molecule has 2 atom stereocenters. The number of aliphatic hydroxyl groups excluding tert-OH is 1. The van der Waals surface area contributed by atoms with Crippen LogP contribution in [-0.4, -0.2) is 38.6 Å². The van der Waals surface area contributed by atoms with E-state index >= 15 is 0 Å². The lowest BCUT2D eigenvalue weighted by Crippen LogP contribution is -2.31. The minimum atomic E-state index is -0.484. The Morgan fingerprint density at radius 3 is 2.52 bits per heavy atom. The first-order valence-electron chi connectivity index (χ1n) is 7.12. The molecule has 0 aliphatic carbocycles. The number of hydrogen-bond donors (Lipinski definition) is 2. The van der Waals surface area contributed by atoms with Crippen molar-refractivity contribution in [1.82, 2.24) is 5.32 Å². The van der Waals surface area contributed by atoms with Gasteiger partial charge in [0.25, 0.3) is 0 Å². The van der Waals surface area contributed by atoms with Gasteiger partial charge in [0.15, 0.2) is 0 Å². The van der Waals surface area contributed by atoms with E-state index in [1.807, 2.05) is 12.1 Å². The van der Waals surface area contributed by atoms with Crippen LogP contribution in [0.4, 0.5) is 0 Å². The molecule has 0 aliphatic rings. The average molecular weight is 289 g/mol.